The second-order valence-electron chi connectivity index (χ2n) is 8.32. The lowest BCUT2D eigenvalue weighted by molar-refractivity contribution is -0.141. The monoisotopic (exact) mass is 494 g/mol. The maximum absolute atomic E-state index is 13.7. The minimum absolute atomic E-state index is 0.0244. The van der Waals surface area contributed by atoms with Crippen LogP contribution in [0.15, 0.2) is 48.7 Å². The van der Waals surface area contributed by atoms with Gasteiger partial charge in [-0.25, -0.2) is 13.8 Å². The molecule has 4 rings (SSSR count). The summed E-state index contributed by atoms with van der Waals surface area (Å²) in [5.41, 5.74) is -0.0250. The third kappa shape index (κ3) is 5.67. The van der Waals surface area contributed by atoms with Crippen LogP contribution in [0.3, 0.4) is 0 Å². The predicted molar refractivity (Wildman–Crippen MR) is 118 cm³/mol. The molecular formula is C24H23F5N4O2. The van der Waals surface area contributed by atoms with E-state index in [1.165, 1.54) is 19.2 Å². The average Bonchev–Trinajstić information content (AvgIpc) is 2.83. The van der Waals surface area contributed by atoms with Crippen LogP contribution in [-0.4, -0.2) is 53.4 Å². The van der Waals surface area contributed by atoms with Gasteiger partial charge in [0.05, 0.1) is 18.7 Å². The molecule has 0 bridgehead atoms. The van der Waals surface area contributed by atoms with E-state index in [-0.39, 0.29) is 38.2 Å². The number of nitrogens with one attached hydrogen (secondary N) is 1. The molecule has 1 aliphatic heterocycles. The van der Waals surface area contributed by atoms with Crippen molar-refractivity contribution in [2.45, 2.75) is 31.0 Å². The lowest BCUT2D eigenvalue weighted by Crippen LogP contribution is -2.45. The molecule has 2 aromatic heterocycles. The number of likely N-dealkylation sites (tertiary alicyclic amines) is 1. The largest absolute Gasteiger partial charge is 0.496 e. The molecule has 1 atom stereocenters. The van der Waals surface area contributed by atoms with Crippen LogP contribution in [0.4, 0.5) is 22.0 Å². The third-order valence-corrected chi connectivity index (χ3v) is 6.02. The number of pyridine rings is 2. The van der Waals surface area contributed by atoms with Crippen molar-refractivity contribution in [3.63, 3.8) is 0 Å². The SMILES string of the molecule is COc1cc(C(=O)NCC(c2ccc(C(F)(F)F)nc2)N2CCC(F)(F)CC2)nc2ccccc12. The molecule has 3 heterocycles. The highest BCUT2D eigenvalue weighted by Crippen LogP contribution is 2.33. The number of benzene rings is 1. The molecule has 0 spiro atoms. The summed E-state index contributed by atoms with van der Waals surface area (Å²) in [6.45, 7) is 0.0154. The summed E-state index contributed by atoms with van der Waals surface area (Å²) in [5, 5.41) is 3.47. The Morgan fingerprint density at radius 1 is 1.17 bits per heavy atom. The number of amides is 1. The van der Waals surface area contributed by atoms with E-state index in [9.17, 15) is 26.7 Å². The number of para-hydroxylation sites is 1. The number of ether oxygens (including phenoxy) is 1. The van der Waals surface area contributed by atoms with Gasteiger partial charge in [0.25, 0.3) is 11.8 Å². The van der Waals surface area contributed by atoms with Crippen molar-refractivity contribution in [1.29, 1.82) is 0 Å². The Hall–Kier alpha value is -3.34. The number of halogens is 5. The molecule has 1 N–H and O–H groups in total. The van der Waals surface area contributed by atoms with Crippen molar-refractivity contribution < 1.29 is 31.5 Å². The molecule has 1 unspecified atom stereocenters. The van der Waals surface area contributed by atoms with Gasteiger partial charge < -0.3 is 10.1 Å². The summed E-state index contributed by atoms with van der Waals surface area (Å²) in [5.74, 6) is -2.86. The maximum Gasteiger partial charge on any atom is 0.433 e. The first-order valence-electron chi connectivity index (χ1n) is 10.9. The van der Waals surface area contributed by atoms with Crippen molar-refractivity contribution in [2.24, 2.45) is 0 Å². The van der Waals surface area contributed by atoms with Crippen LogP contribution in [0.1, 0.15) is 40.6 Å². The zero-order valence-electron chi connectivity index (χ0n) is 18.8. The normalized spacial score (nSPS) is 17.2. The number of alkyl halides is 5. The molecule has 1 saturated heterocycles. The maximum atomic E-state index is 13.7. The van der Waals surface area contributed by atoms with Crippen molar-refractivity contribution in [1.82, 2.24) is 20.2 Å². The summed E-state index contributed by atoms with van der Waals surface area (Å²) in [6, 6.07) is 10.1. The highest BCUT2D eigenvalue weighted by molar-refractivity contribution is 5.97. The molecule has 11 heteroatoms. The fraction of sp³-hybridized carbons (Fsp3) is 0.375. The van der Waals surface area contributed by atoms with Crippen LogP contribution >= 0.6 is 0 Å². The Balaban J connectivity index is 1.56. The molecule has 1 aliphatic rings. The summed E-state index contributed by atoms with van der Waals surface area (Å²) in [7, 11) is 1.48. The summed E-state index contributed by atoms with van der Waals surface area (Å²) >= 11 is 0. The summed E-state index contributed by atoms with van der Waals surface area (Å²) in [6.07, 6.45) is -4.29. The predicted octanol–water partition coefficient (Wildman–Crippen LogP) is 4.86. The van der Waals surface area contributed by atoms with Gasteiger partial charge in [0, 0.05) is 50.1 Å². The molecule has 0 aliphatic carbocycles. The highest BCUT2D eigenvalue weighted by Gasteiger charge is 2.37. The van der Waals surface area contributed by atoms with Gasteiger partial charge in [-0.1, -0.05) is 18.2 Å². The fourth-order valence-electron chi connectivity index (χ4n) is 4.10. The molecule has 0 radical (unpaired) electrons. The van der Waals surface area contributed by atoms with Gasteiger partial charge in [-0.05, 0) is 23.8 Å². The van der Waals surface area contributed by atoms with Gasteiger partial charge in [0.15, 0.2) is 0 Å². The number of methoxy groups -OCH3 is 1. The van der Waals surface area contributed by atoms with Gasteiger partial charge in [-0.2, -0.15) is 13.2 Å². The second kappa shape index (κ2) is 9.73. The molecule has 1 aromatic carbocycles. The van der Waals surface area contributed by atoms with Crippen molar-refractivity contribution in [3.8, 4) is 5.75 Å². The van der Waals surface area contributed by atoms with E-state index in [2.05, 4.69) is 15.3 Å². The standard InChI is InChI=1S/C24H23F5N4O2/c1-35-20-12-18(32-17-5-3-2-4-16(17)20)22(34)31-14-19(33-10-8-23(25,26)9-11-33)15-6-7-21(30-13-15)24(27,28)29/h2-7,12-13,19H,8-11,14H2,1H3,(H,31,34). The van der Waals surface area contributed by atoms with Gasteiger partial charge >= 0.3 is 6.18 Å². The molecule has 6 nitrogen and oxygen atoms in total. The number of nitrogens with zero attached hydrogens (tertiary/aromatic N) is 3. The minimum Gasteiger partial charge on any atom is -0.496 e. The van der Waals surface area contributed by atoms with E-state index in [4.69, 9.17) is 4.74 Å². The van der Waals surface area contributed by atoms with Gasteiger partial charge in [0.1, 0.15) is 17.1 Å². The number of carbonyl (C=O) groups excluding carboxylic acids is 1. The summed E-state index contributed by atoms with van der Waals surface area (Å²) in [4.78, 5) is 22.5. The van der Waals surface area contributed by atoms with Gasteiger partial charge in [-0.3, -0.25) is 14.7 Å². The first kappa shape index (κ1) is 24.8. The number of rotatable bonds is 6. The number of aromatic nitrogens is 2. The van der Waals surface area contributed by atoms with E-state index in [0.29, 0.717) is 16.8 Å². The second-order valence-corrected chi connectivity index (χ2v) is 8.32. The Kier molecular flexibility index (Phi) is 6.88. The van der Waals surface area contributed by atoms with Crippen molar-refractivity contribution in [3.05, 3.63) is 65.6 Å². The molecular weight excluding hydrogens is 471 g/mol. The Morgan fingerprint density at radius 2 is 1.89 bits per heavy atom. The fourth-order valence-corrected chi connectivity index (χ4v) is 4.10. The van der Waals surface area contributed by atoms with E-state index in [1.54, 1.807) is 17.0 Å². The van der Waals surface area contributed by atoms with E-state index in [1.807, 2.05) is 12.1 Å². The van der Waals surface area contributed by atoms with Crippen LogP contribution in [0.25, 0.3) is 10.9 Å². The quantitative estimate of drug-likeness (QED) is 0.496. The average molecular weight is 494 g/mol. The Bertz CT molecular complexity index is 1190. The molecule has 3 aromatic rings. The first-order chi connectivity index (χ1) is 16.6. The number of hydrogen-bond donors (Lipinski definition) is 1. The zero-order chi connectivity index (χ0) is 25.2. The van der Waals surface area contributed by atoms with E-state index < -0.39 is 29.7 Å². The molecule has 35 heavy (non-hydrogen) atoms. The van der Waals surface area contributed by atoms with Crippen LogP contribution in [0.2, 0.25) is 0 Å². The molecule has 1 fully saturated rings. The molecule has 186 valence electrons. The molecule has 1 amide bonds. The lowest BCUT2D eigenvalue weighted by Gasteiger charge is -2.37. The van der Waals surface area contributed by atoms with E-state index in [0.717, 1.165) is 17.6 Å². The third-order valence-electron chi connectivity index (χ3n) is 6.02. The van der Waals surface area contributed by atoms with Crippen LogP contribution in [0, 0.1) is 0 Å². The molecule has 0 saturated carbocycles. The Labute approximate surface area is 198 Å². The van der Waals surface area contributed by atoms with Crippen LogP contribution in [0.5, 0.6) is 5.75 Å². The Morgan fingerprint density at radius 3 is 2.51 bits per heavy atom. The van der Waals surface area contributed by atoms with Crippen LogP contribution < -0.4 is 10.1 Å². The van der Waals surface area contributed by atoms with Gasteiger partial charge in [-0.15, -0.1) is 0 Å². The zero-order valence-corrected chi connectivity index (χ0v) is 18.8. The number of hydrogen-bond acceptors (Lipinski definition) is 5. The van der Waals surface area contributed by atoms with Crippen molar-refractivity contribution >= 4 is 16.8 Å². The topological polar surface area (TPSA) is 67.3 Å². The first-order valence-corrected chi connectivity index (χ1v) is 10.9. The highest BCUT2D eigenvalue weighted by atomic mass is 19.4. The lowest BCUT2D eigenvalue weighted by atomic mass is 10.0. The number of piperidine rings is 1. The van der Waals surface area contributed by atoms with E-state index >= 15 is 0 Å². The van der Waals surface area contributed by atoms with Crippen LogP contribution in [-0.2, 0) is 6.18 Å². The minimum atomic E-state index is -4.60. The smallest absolute Gasteiger partial charge is 0.433 e. The van der Waals surface area contributed by atoms with Crippen molar-refractivity contribution in [2.75, 3.05) is 26.7 Å². The number of carbonyl (C=O) groups is 1. The van der Waals surface area contributed by atoms with Gasteiger partial charge in [0.2, 0.25) is 0 Å². The summed E-state index contributed by atoms with van der Waals surface area (Å²) < 4.78 is 71.6. The number of fused-ring (bicyclic) bond motifs is 1.